The topological polar surface area (TPSA) is 70.8 Å². The molecule has 0 bridgehead atoms. The maximum atomic E-state index is 13.4. The van der Waals surface area contributed by atoms with E-state index in [9.17, 15) is 4.39 Å². The van der Waals surface area contributed by atoms with E-state index in [0.717, 1.165) is 0 Å². The second-order valence-corrected chi connectivity index (χ2v) is 3.47. The summed E-state index contributed by atoms with van der Waals surface area (Å²) in [4.78, 5) is 5.66. The van der Waals surface area contributed by atoms with Gasteiger partial charge < -0.3 is 10.6 Å². The number of nitrogens with zero attached hydrogens (tertiary/aromatic N) is 3. The standard InChI is InChI=1S/C10H12FN5/c1-16(10-13-9(12)14-15-10)6-7-4-2-3-5-8(7)11/h2-5H,6H2,1H3,(H3,12,13,14,15). The summed E-state index contributed by atoms with van der Waals surface area (Å²) in [6, 6.07) is 6.60. The fourth-order valence-electron chi connectivity index (χ4n) is 1.39. The third-order valence-electron chi connectivity index (χ3n) is 2.20. The van der Waals surface area contributed by atoms with E-state index in [1.54, 1.807) is 30.1 Å². The molecule has 0 aliphatic rings. The molecule has 1 aromatic heterocycles. The Bertz CT molecular complexity index is 482. The van der Waals surface area contributed by atoms with Gasteiger partial charge in [0, 0.05) is 19.2 Å². The van der Waals surface area contributed by atoms with Crippen LogP contribution in [-0.4, -0.2) is 22.2 Å². The van der Waals surface area contributed by atoms with Crippen LogP contribution in [0.5, 0.6) is 0 Å². The molecule has 0 aliphatic heterocycles. The summed E-state index contributed by atoms with van der Waals surface area (Å²) in [5, 5.41) is 6.42. The Hall–Kier alpha value is -2.11. The summed E-state index contributed by atoms with van der Waals surface area (Å²) >= 11 is 0. The molecule has 2 rings (SSSR count). The van der Waals surface area contributed by atoms with Gasteiger partial charge in [-0.2, -0.15) is 4.98 Å². The van der Waals surface area contributed by atoms with Crippen molar-refractivity contribution in [2.45, 2.75) is 6.54 Å². The summed E-state index contributed by atoms with van der Waals surface area (Å²) in [6.45, 7) is 0.393. The highest BCUT2D eigenvalue weighted by Crippen LogP contribution is 2.13. The molecule has 0 atom stereocenters. The number of aromatic amines is 1. The SMILES string of the molecule is CN(Cc1ccccc1F)c1n[nH]c(N)n1. The van der Waals surface area contributed by atoms with Gasteiger partial charge in [-0.3, -0.25) is 0 Å². The Morgan fingerprint density at radius 2 is 2.19 bits per heavy atom. The Kier molecular flexibility index (Phi) is 2.72. The van der Waals surface area contributed by atoms with Crippen molar-refractivity contribution in [1.82, 2.24) is 15.2 Å². The number of anilines is 2. The molecule has 2 aromatic rings. The number of hydrogen-bond acceptors (Lipinski definition) is 4. The quantitative estimate of drug-likeness (QED) is 0.816. The monoisotopic (exact) mass is 221 g/mol. The summed E-state index contributed by atoms with van der Waals surface area (Å²) in [5.74, 6) is 0.453. The molecule has 5 nitrogen and oxygen atoms in total. The second kappa shape index (κ2) is 4.18. The fourth-order valence-corrected chi connectivity index (χ4v) is 1.39. The first-order chi connectivity index (χ1) is 7.66. The molecule has 16 heavy (non-hydrogen) atoms. The zero-order valence-electron chi connectivity index (χ0n) is 8.81. The Labute approximate surface area is 92.1 Å². The van der Waals surface area contributed by atoms with E-state index >= 15 is 0 Å². The maximum absolute atomic E-state index is 13.4. The largest absolute Gasteiger partial charge is 0.368 e. The molecule has 0 aliphatic carbocycles. The number of H-pyrrole nitrogens is 1. The minimum atomic E-state index is -0.238. The van der Waals surface area contributed by atoms with E-state index < -0.39 is 0 Å². The first kappa shape index (κ1) is 10.4. The number of aromatic nitrogens is 3. The lowest BCUT2D eigenvalue weighted by atomic mass is 10.2. The predicted octanol–water partition coefficient (Wildman–Crippen LogP) is 1.16. The summed E-state index contributed by atoms with van der Waals surface area (Å²) in [6.07, 6.45) is 0. The number of nitrogens with two attached hydrogens (primary N) is 1. The van der Waals surface area contributed by atoms with E-state index in [4.69, 9.17) is 5.73 Å². The average molecular weight is 221 g/mol. The molecule has 0 radical (unpaired) electrons. The van der Waals surface area contributed by atoms with Crippen molar-refractivity contribution in [3.05, 3.63) is 35.6 Å². The average Bonchev–Trinajstić information content (AvgIpc) is 2.68. The zero-order chi connectivity index (χ0) is 11.5. The minimum Gasteiger partial charge on any atom is -0.368 e. The third-order valence-corrected chi connectivity index (χ3v) is 2.20. The maximum Gasteiger partial charge on any atom is 0.246 e. The van der Waals surface area contributed by atoms with Gasteiger partial charge in [0.05, 0.1) is 0 Å². The first-order valence-corrected chi connectivity index (χ1v) is 4.79. The van der Waals surface area contributed by atoms with Crippen LogP contribution in [0.15, 0.2) is 24.3 Å². The lowest BCUT2D eigenvalue weighted by Gasteiger charge is -2.14. The van der Waals surface area contributed by atoms with Gasteiger partial charge in [0.1, 0.15) is 5.82 Å². The van der Waals surface area contributed by atoms with Crippen molar-refractivity contribution in [2.75, 3.05) is 17.7 Å². The molecule has 0 spiro atoms. The smallest absolute Gasteiger partial charge is 0.246 e. The Morgan fingerprint density at radius 1 is 1.44 bits per heavy atom. The number of nitrogen functional groups attached to an aromatic ring is 1. The highest BCUT2D eigenvalue weighted by Gasteiger charge is 2.09. The van der Waals surface area contributed by atoms with E-state index in [-0.39, 0.29) is 11.8 Å². The molecule has 3 N–H and O–H groups in total. The van der Waals surface area contributed by atoms with Crippen LogP contribution in [0.3, 0.4) is 0 Å². The molecule has 1 heterocycles. The second-order valence-electron chi connectivity index (χ2n) is 3.47. The fraction of sp³-hybridized carbons (Fsp3) is 0.200. The van der Waals surface area contributed by atoms with E-state index in [0.29, 0.717) is 18.1 Å². The number of halogens is 1. The predicted molar refractivity (Wildman–Crippen MR) is 59.3 cm³/mol. The van der Waals surface area contributed by atoms with Gasteiger partial charge in [0.2, 0.25) is 11.9 Å². The van der Waals surface area contributed by atoms with Crippen LogP contribution in [0.4, 0.5) is 16.3 Å². The van der Waals surface area contributed by atoms with Gasteiger partial charge in [-0.25, -0.2) is 9.49 Å². The lowest BCUT2D eigenvalue weighted by Crippen LogP contribution is -2.18. The molecule has 0 fully saturated rings. The number of hydrogen-bond donors (Lipinski definition) is 2. The molecular formula is C10H12FN5. The van der Waals surface area contributed by atoms with Gasteiger partial charge in [-0.15, -0.1) is 5.10 Å². The summed E-state index contributed by atoms with van der Waals surface area (Å²) in [5.41, 5.74) is 6.00. The van der Waals surface area contributed by atoms with Gasteiger partial charge in [0.25, 0.3) is 0 Å². The summed E-state index contributed by atoms with van der Waals surface area (Å²) < 4.78 is 13.4. The first-order valence-electron chi connectivity index (χ1n) is 4.79. The molecule has 0 saturated heterocycles. The van der Waals surface area contributed by atoms with Crippen molar-refractivity contribution in [3.63, 3.8) is 0 Å². The van der Waals surface area contributed by atoms with Crippen LogP contribution in [0, 0.1) is 5.82 Å². The number of benzene rings is 1. The Morgan fingerprint density at radius 3 is 2.81 bits per heavy atom. The van der Waals surface area contributed by atoms with Crippen molar-refractivity contribution in [1.29, 1.82) is 0 Å². The third kappa shape index (κ3) is 2.10. The minimum absolute atomic E-state index is 0.238. The molecule has 0 amide bonds. The lowest BCUT2D eigenvalue weighted by molar-refractivity contribution is 0.607. The van der Waals surface area contributed by atoms with E-state index in [1.165, 1.54) is 6.07 Å². The van der Waals surface area contributed by atoms with Crippen molar-refractivity contribution in [3.8, 4) is 0 Å². The normalized spacial score (nSPS) is 10.4. The van der Waals surface area contributed by atoms with Gasteiger partial charge in [-0.05, 0) is 6.07 Å². The highest BCUT2D eigenvalue weighted by molar-refractivity contribution is 5.34. The van der Waals surface area contributed by atoms with Crippen molar-refractivity contribution in [2.24, 2.45) is 0 Å². The van der Waals surface area contributed by atoms with E-state index in [2.05, 4.69) is 15.2 Å². The number of rotatable bonds is 3. The van der Waals surface area contributed by atoms with Gasteiger partial charge in [-0.1, -0.05) is 18.2 Å². The number of nitrogens with one attached hydrogen (secondary N) is 1. The van der Waals surface area contributed by atoms with Gasteiger partial charge in [0.15, 0.2) is 0 Å². The van der Waals surface area contributed by atoms with Crippen molar-refractivity contribution < 1.29 is 4.39 Å². The van der Waals surface area contributed by atoms with E-state index in [1.807, 2.05) is 0 Å². The molecule has 84 valence electrons. The van der Waals surface area contributed by atoms with Crippen LogP contribution in [0.25, 0.3) is 0 Å². The van der Waals surface area contributed by atoms with Crippen LogP contribution in [-0.2, 0) is 6.54 Å². The van der Waals surface area contributed by atoms with Crippen LogP contribution in [0.1, 0.15) is 5.56 Å². The molecule has 1 aromatic carbocycles. The molecule has 0 unspecified atom stereocenters. The molecular weight excluding hydrogens is 209 g/mol. The highest BCUT2D eigenvalue weighted by atomic mass is 19.1. The van der Waals surface area contributed by atoms with Crippen LogP contribution < -0.4 is 10.6 Å². The molecule has 0 saturated carbocycles. The van der Waals surface area contributed by atoms with Crippen LogP contribution >= 0.6 is 0 Å². The van der Waals surface area contributed by atoms with Gasteiger partial charge >= 0.3 is 0 Å². The van der Waals surface area contributed by atoms with Crippen molar-refractivity contribution >= 4 is 11.9 Å². The zero-order valence-corrected chi connectivity index (χ0v) is 8.81. The summed E-state index contributed by atoms with van der Waals surface area (Å²) in [7, 11) is 1.77. The van der Waals surface area contributed by atoms with Crippen LogP contribution in [0.2, 0.25) is 0 Å². The molecule has 6 heteroatoms. The Balaban J connectivity index is 2.13.